The van der Waals surface area contributed by atoms with Gasteiger partial charge in [0.2, 0.25) is 0 Å². The Hall–Kier alpha value is -2.43. The van der Waals surface area contributed by atoms with Crippen LogP contribution in [0.25, 0.3) is 0 Å². The molecule has 0 amide bonds. The second kappa shape index (κ2) is 8.43. The summed E-state index contributed by atoms with van der Waals surface area (Å²) in [5.41, 5.74) is 2.03. The molecule has 1 fully saturated rings. The minimum atomic E-state index is 0.295. The predicted octanol–water partition coefficient (Wildman–Crippen LogP) is 4.09. The van der Waals surface area contributed by atoms with Crippen LogP contribution in [0.4, 0.5) is 5.69 Å². The molecule has 0 bridgehead atoms. The average molecular weight is 329 g/mol. The zero-order chi connectivity index (χ0) is 17.5. The molecule has 0 aliphatic heterocycles. The number of rotatable bonds is 7. The number of hydrogen-bond donors (Lipinski definition) is 2. The van der Waals surface area contributed by atoms with Crippen LogP contribution in [0.5, 0.6) is 11.5 Å². The van der Waals surface area contributed by atoms with Gasteiger partial charge < -0.3 is 20.1 Å². The molecule has 24 heavy (non-hydrogen) atoms. The molecule has 0 radical (unpaired) electrons. The van der Waals surface area contributed by atoms with E-state index < -0.39 is 0 Å². The molecule has 130 valence electrons. The largest absolute Gasteiger partial charge is 0.493 e. The lowest BCUT2D eigenvalue weighted by molar-refractivity contribution is 0.116. The lowest BCUT2D eigenvalue weighted by Gasteiger charge is -2.27. The van der Waals surface area contributed by atoms with E-state index >= 15 is 0 Å². The first kappa shape index (κ1) is 17.9. The highest BCUT2D eigenvalue weighted by Crippen LogP contribution is 2.34. The molecule has 0 spiro atoms. The van der Waals surface area contributed by atoms with E-state index in [0.29, 0.717) is 11.9 Å². The molecule has 0 unspecified atom stereocenters. The second-order valence-corrected chi connectivity index (χ2v) is 6.08. The molecule has 1 saturated carbocycles. The van der Waals surface area contributed by atoms with Gasteiger partial charge in [0, 0.05) is 18.8 Å². The molecular weight excluding hydrogens is 302 g/mol. The maximum atomic E-state index is 6.00. The fraction of sp³-hybridized carbons (Fsp3) is 0.421. The normalized spacial score (nSPS) is 14.4. The number of nitrogens with zero attached hydrogens (tertiary/aromatic N) is 1. The van der Waals surface area contributed by atoms with E-state index in [-0.39, 0.29) is 0 Å². The summed E-state index contributed by atoms with van der Waals surface area (Å²) < 4.78 is 11.4. The van der Waals surface area contributed by atoms with Crippen LogP contribution in [-0.2, 0) is 0 Å². The highest BCUT2D eigenvalue weighted by atomic mass is 16.5. The number of amidine groups is 1. The van der Waals surface area contributed by atoms with Crippen LogP contribution < -0.4 is 20.1 Å². The summed E-state index contributed by atoms with van der Waals surface area (Å²) in [5.74, 6) is 2.80. The van der Waals surface area contributed by atoms with E-state index in [4.69, 9.17) is 9.47 Å². The number of nitrogens with one attached hydrogen (secondary N) is 2. The topological polar surface area (TPSA) is 54.9 Å². The van der Waals surface area contributed by atoms with Crippen molar-refractivity contribution in [1.29, 1.82) is 0 Å². The highest BCUT2D eigenvalue weighted by molar-refractivity contribution is 5.94. The number of benzene rings is 1. The number of methoxy groups -OCH3 is 1. The molecule has 0 atom stereocenters. The third kappa shape index (κ3) is 5.05. The van der Waals surface area contributed by atoms with Crippen LogP contribution in [0, 0.1) is 0 Å². The zero-order valence-electron chi connectivity index (χ0n) is 15.0. The first-order valence-corrected chi connectivity index (χ1v) is 8.23. The van der Waals surface area contributed by atoms with Gasteiger partial charge in [-0.25, -0.2) is 4.99 Å². The van der Waals surface area contributed by atoms with Crippen molar-refractivity contribution in [3.05, 3.63) is 42.2 Å². The number of hydrogen-bond acceptors (Lipinski definition) is 4. The quantitative estimate of drug-likeness (QED) is 0.584. The van der Waals surface area contributed by atoms with Crippen molar-refractivity contribution in [1.82, 2.24) is 5.32 Å². The third-order valence-corrected chi connectivity index (χ3v) is 3.74. The van der Waals surface area contributed by atoms with Gasteiger partial charge in [0.05, 0.1) is 13.2 Å². The number of likely N-dealkylation sites (N-methyl/N-ethyl adjacent to an activating group) is 1. The van der Waals surface area contributed by atoms with Crippen molar-refractivity contribution in [3.63, 3.8) is 0 Å². The third-order valence-electron chi connectivity index (χ3n) is 3.74. The molecule has 5 nitrogen and oxygen atoms in total. The van der Waals surface area contributed by atoms with Gasteiger partial charge in [-0.1, -0.05) is 12.2 Å². The maximum absolute atomic E-state index is 6.00. The van der Waals surface area contributed by atoms with Crippen LogP contribution >= 0.6 is 0 Å². The predicted molar refractivity (Wildman–Crippen MR) is 99.9 cm³/mol. The van der Waals surface area contributed by atoms with Crippen LogP contribution in [0.2, 0.25) is 0 Å². The van der Waals surface area contributed by atoms with Crippen molar-refractivity contribution in [2.75, 3.05) is 19.5 Å². The molecule has 0 saturated heterocycles. The first-order chi connectivity index (χ1) is 11.5. The van der Waals surface area contributed by atoms with Crippen molar-refractivity contribution >= 4 is 11.5 Å². The average Bonchev–Trinajstić information content (AvgIpc) is 2.50. The summed E-state index contributed by atoms with van der Waals surface area (Å²) in [5, 5.41) is 6.24. The number of aliphatic imine (C=N–C) groups is 1. The molecule has 1 aliphatic rings. The SMILES string of the molecule is C=C(/N=C(\C=C(C)C)NC)Nc1ccc(OC)c(OC2CCC2)c1. The Morgan fingerprint density at radius 3 is 2.58 bits per heavy atom. The van der Waals surface area contributed by atoms with Crippen LogP contribution in [0.1, 0.15) is 33.1 Å². The number of ether oxygens (including phenoxy) is 2. The number of allylic oxidation sites excluding steroid dienone is 1. The Morgan fingerprint density at radius 1 is 1.29 bits per heavy atom. The summed E-state index contributed by atoms with van der Waals surface area (Å²) in [6.45, 7) is 8.01. The highest BCUT2D eigenvalue weighted by Gasteiger charge is 2.21. The Labute approximate surface area is 144 Å². The van der Waals surface area contributed by atoms with E-state index in [2.05, 4.69) is 22.2 Å². The molecule has 0 aromatic heterocycles. The fourth-order valence-electron chi connectivity index (χ4n) is 2.29. The number of anilines is 1. The van der Waals surface area contributed by atoms with Crippen LogP contribution in [0.15, 0.2) is 47.2 Å². The molecule has 2 N–H and O–H groups in total. The van der Waals surface area contributed by atoms with Gasteiger partial charge in [-0.05, 0) is 51.3 Å². The minimum Gasteiger partial charge on any atom is -0.493 e. The van der Waals surface area contributed by atoms with Crippen LogP contribution in [0.3, 0.4) is 0 Å². The van der Waals surface area contributed by atoms with Gasteiger partial charge in [-0.2, -0.15) is 0 Å². The van der Waals surface area contributed by atoms with Crippen molar-refractivity contribution in [3.8, 4) is 11.5 Å². The minimum absolute atomic E-state index is 0.295. The summed E-state index contributed by atoms with van der Waals surface area (Å²) in [4.78, 5) is 4.44. The van der Waals surface area contributed by atoms with Gasteiger partial charge >= 0.3 is 0 Å². The Bertz CT molecular complexity index is 642. The van der Waals surface area contributed by atoms with E-state index in [1.54, 1.807) is 7.11 Å². The van der Waals surface area contributed by atoms with Gasteiger partial charge in [0.15, 0.2) is 11.5 Å². The molecule has 2 rings (SSSR count). The van der Waals surface area contributed by atoms with Gasteiger partial charge in [0.1, 0.15) is 11.7 Å². The van der Waals surface area contributed by atoms with E-state index in [9.17, 15) is 0 Å². The summed E-state index contributed by atoms with van der Waals surface area (Å²) >= 11 is 0. The standard InChI is InChI=1S/C19H27N3O2/c1-13(2)11-19(20-4)22-14(3)21-15-9-10-17(23-5)18(12-15)24-16-7-6-8-16/h9-12,16,21H,3,6-8H2,1-2,4-5H3,(H,20,22). The molecule has 1 aliphatic carbocycles. The van der Waals surface area contributed by atoms with E-state index in [1.165, 1.54) is 6.42 Å². The fourth-order valence-corrected chi connectivity index (χ4v) is 2.29. The van der Waals surface area contributed by atoms with Gasteiger partial charge in [0.25, 0.3) is 0 Å². The van der Waals surface area contributed by atoms with Crippen molar-refractivity contribution < 1.29 is 9.47 Å². The lowest BCUT2D eigenvalue weighted by Crippen LogP contribution is -2.24. The zero-order valence-corrected chi connectivity index (χ0v) is 15.0. The Kier molecular flexibility index (Phi) is 6.29. The monoisotopic (exact) mass is 329 g/mol. The van der Waals surface area contributed by atoms with Crippen LogP contribution in [-0.4, -0.2) is 26.1 Å². The van der Waals surface area contributed by atoms with Gasteiger partial charge in [-0.15, -0.1) is 0 Å². The molecule has 1 aromatic carbocycles. The lowest BCUT2D eigenvalue weighted by atomic mass is 9.96. The Balaban J connectivity index is 2.10. The molecule has 5 heteroatoms. The van der Waals surface area contributed by atoms with E-state index in [1.807, 2.05) is 45.2 Å². The summed E-state index contributed by atoms with van der Waals surface area (Å²) in [6, 6.07) is 5.74. The van der Waals surface area contributed by atoms with Crippen molar-refractivity contribution in [2.45, 2.75) is 39.2 Å². The summed E-state index contributed by atoms with van der Waals surface area (Å²) in [6.07, 6.45) is 5.70. The molecule has 0 heterocycles. The first-order valence-electron chi connectivity index (χ1n) is 8.23. The molecule has 1 aromatic rings. The van der Waals surface area contributed by atoms with E-state index in [0.717, 1.165) is 41.4 Å². The summed E-state index contributed by atoms with van der Waals surface area (Å²) in [7, 11) is 3.49. The Morgan fingerprint density at radius 2 is 2.04 bits per heavy atom. The van der Waals surface area contributed by atoms with Gasteiger partial charge in [-0.3, -0.25) is 0 Å². The second-order valence-electron chi connectivity index (χ2n) is 6.08. The smallest absolute Gasteiger partial charge is 0.163 e. The molecular formula is C19H27N3O2. The maximum Gasteiger partial charge on any atom is 0.163 e. The van der Waals surface area contributed by atoms with Crippen molar-refractivity contribution in [2.24, 2.45) is 4.99 Å².